The summed E-state index contributed by atoms with van der Waals surface area (Å²) in [5.41, 5.74) is 0. The third kappa shape index (κ3) is 34.5. The third-order valence-corrected chi connectivity index (χ3v) is 22.5. The highest BCUT2D eigenvalue weighted by atomic mass is 32.2. The van der Waals surface area contributed by atoms with Crippen LogP contribution in [0.4, 0.5) is 0 Å². The van der Waals surface area contributed by atoms with Crippen LogP contribution >= 0.6 is 35.3 Å². The summed E-state index contributed by atoms with van der Waals surface area (Å²) in [6.07, 6.45) is 36.0. The van der Waals surface area contributed by atoms with Crippen molar-refractivity contribution < 1.29 is 9.53 Å². The van der Waals surface area contributed by atoms with Gasteiger partial charge in [0.05, 0.1) is 0 Å². The molecule has 0 aliphatic heterocycles. The molecule has 2 rings (SSSR count). The summed E-state index contributed by atoms with van der Waals surface area (Å²) in [5, 5.41) is 8.97. The highest BCUT2D eigenvalue weighted by molar-refractivity contribution is 8.00. The molecule has 2 aliphatic carbocycles. The lowest BCUT2D eigenvalue weighted by molar-refractivity contribution is -0.125. The van der Waals surface area contributed by atoms with Crippen molar-refractivity contribution in [1.29, 1.82) is 0 Å². The average molecular weight is 1100 g/mol. The predicted octanol–water partition coefficient (Wildman–Crippen LogP) is 20.2. The van der Waals surface area contributed by atoms with Crippen molar-refractivity contribution in [1.82, 2.24) is 10.6 Å². The standard InChI is InChI=1S/C34H65NO2S2.C30H61NS.C3H8/c1-8-38-32(27(5)15-14-26(4)25(2)3)19-18-28-16-17-30(24-33(28)39-22-20-35-6)34(36)31-23-29(31)13-11-9-10-12-21-37-7;1-10-13-14-15-17-30(32-23-22-31-9)28(16-11-2)20-21-29(25(6)12-3)27(8)19-18-26(7)24(4)5;1-3-2/h25-33,35H,8-24H2,1-7H3;13-14,24-31H,10-12,15-23H2,1-9H3;3H2,1-2H3/b;14-13+;. The van der Waals surface area contributed by atoms with Gasteiger partial charge in [-0.25, -0.2) is 0 Å². The number of thioether (sulfide) groups is 3. The first-order valence-electron chi connectivity index (χ1n) is 32.4. The first-order valence-corrected chi connectivity index (χ1v) is 35.5. The van der Waals surface area contributed by atoms with Crippen LogP contribution in [-0.2, 0) is 9.53 Å². The SMILES string of the molecule is CC/C=C/CCC(SCCNC)C(CCC)CCC(C(C)CC)C(C)CCC(C)C(C)C.CCC.CCSC(CCC1CCC(C(=O)C2CC2CCCCCCOC)CC1SCCNC)C(C)CCC(C)C(C)C. The van der Waals surface area contributed by atoms with Gasteiger partial charge in [0, 0.05) is 65.9 Å². The topological polar surface area (TPSA) is 50.4 Å². The van der Waals surface area contributed by atoms with E-state index in [4.69, 9.17) is 4.74 Å². The first-order chi connectivity index (χ1) is 35.5. The van der Waals surface area contributed by atoms with Gasteiger partial charge in [-0.2, -0.15) is 35.3 Å². The van der Waals surface area contributed by atoms with Crippen molar-refractivity contribution in [3.8, 4) is 0 Å². The fraction of sp³-hybridized carbons (Fsp3) is 0.955. The van der Waals surface area contributed by atoms with E-state index >= 15 is 0 Å². The Hall–Kier alpha value is 0.340. The normalized spacial score (nSPS) is 22.5. The maximum Gasteiger partial charge on any atom is 0.139 e. The second-order valence-electron chi connectivity index (χ2n) is 25.0. The van der Waals surface area contributed by atoms with Crippen LogP contribution in [0.3, 0.4) is 0 Å². The molecule has 0 bridgehead atoms. The van der Waals surface area contributed by atoms with Crippen molar-refractivity contribution in [2.24, 2.45) is 76.9 Å². The fourth-order valence-corrected chi connectivity index (χ4v) is 16.0. The second-order valence-corrected chi connectivity index (χ2v) is 29.2. The number of Topliss-reactive ketones (excluding diaryl/α,β-unsaturated/α-hetero) is 1. The van der Waals surface area contributed by atoms with E-state index in [9.17, 15) is 4.79 Å². The van der Waals surface area contributed by atoms with Gasteiger partial charge in [-0.1, -0.05) is 174 Å². The fourth-order valence-electron chi connectivity index (χ4n) is 11.8. The van der Waals surface area contributed by atoms with Crippen molar-refractivity contribution in [2.45, 2.75) is 274 Å². The highest BCUT2D eigenvalue weighted by Crippen LogP contribution is 2.49. The van der Waals surface area contributed by atoms with E-state index in [1.807, 2.05) is 0 Å². The minimum atomic E-state index is 0.335. The summed E-state index contributed by atoms with van der Waals surface area (Å²) in [6, 6.07) is 0. The van der Waals surface area contributed by atoms with Gasteiger partial charge in [0.1, 0.15) is 5.78 Å². The number of carbonyl (C=O) groups excluding carboxylic acids is 1. The van der Waals surface area contributed by atoms with E-state index in [0.717, 1.165) is 102 Å². The maximum absolute atomic E-state index is 13.5. The van der Waals surface area contributed by atoms with E-state index in [-0.39, 0.29) is 0 Å². The first kappa shape index (κ1) is 74.3. The molecule has 74 heavy (non-hydrogen) atoms. The molecule has 0 amide bonds. The van der Waals surface area contributed by atoms with Gasteiger partial charge in [0.25, 0.3) is 0 Å². The van der Waals surface area contributed by atoms with Crippen LogP contribution in [0.5, 0.6) is 0 Å². The number of nitrogens with one attached hydrogen (secondary N) is 2. The van der Waals surface area contributed by atoms with Crippen LogP contribution in [0, 0.1) is 76.9 Å². The Bertz CT molecular complexity index is 1280. The Kier molecular flexibility index (Phi) is 48.3. The van der Waals surface area contributed by atoms with E-state index < -0.39 is 0 Å². The minimum absolute atomic E-state index is 0.335. The lowest BCUT2D eigenvalue weighted by Gasteiger charge is -2.37. The average Bonchev–Trinajstić information content (AvgIpc) is 4.17. The van der Waals surface area contributed by atoms with Gasteiger partial charge in [0.2, 0.25) is 0 Å². The number of rotatable bonds is 44. The molecule has 4 nitrogen and oxygen atoms in total. The van der Waals surface area contributed by atoms with Crippen molar-refractivity contribution in [3.63, 3.8) is 0 Å². The van der Waals surface area contributed by atoms with Crippen LogP contribution < -0.4 is 10.6 Å². The Morgan fingerprint density at radius 2 is 1.23 bits per heavy atom. The van der Waals surface area contributed by atoms with Crippen LogP contribution in [0.1, 0.15) is 258 Å². The van der Waals surface area contributed by atoms with Gasteiger partial charge in [-0.15, -0.1) is 0 Å². The van der Waals surface area contributed by atoms with Gasteiger partial charge in [0.15, 0.2) is 0 Å². The largest absolute Gasteiger partial charge is 0.385 e. The van der Waals surface area contributed by atoms with Crippen LogP contribution in [0.2, 0.25) is 0 Å². The van der Waals surface area contributed by atoms with Gasteiger partial charge < -0.3 is 15.4 Å². The molecule has 0 aromatic heterocycles. The Labute approximate surface area is 479 Å². The van der Waals surface area contributed by atoms with Crippen molar-refractivity contribution >= 4 is 41.1 Å². The van der Waals surface area contributed by atoms with E-state index in [1.54, 1.807) is 7.11 Å². The van der Waals surface area contributed by atoms with Gasteiger partial charge in [-0.3, -0.25) is 4.79 Å². The second kappa shape index (κ2) is 48.1. The lowest BCUT2D eigenvalue weighted by atomic mass is 9.74. The molecule has 7 heteroatoms. The Morgan fingerprint density at radius 3 is 1.81 bits per heavy atom. The highest BCUT2D eigenvalue weighted by Gasteiger charge is 2.46. The molecular formula is C67H134N2O2S3. The number of hydrogen-bond donors (Lipinski definition) is 2. The lowest BCUT2D eigenvalue weighted by Crippen LogP contribution is -2.33. The number of unbranched alkanes of at least 4 members (excludes halogenated alkanes) is 3. The molecule has 0 radical (unpaired) electrons. The number of carbonyl (C=O) groups is 1. The molecule has 2 aliphatic rings. The number of ether oxygens (including phenoxy) is 1. The molecule has 0 aromatic rings. The third-order valence-electron chi connectivity index (χ3n) is 18.1. The molecular weight excluding hydrogens is 961 g/mol. The number of ketones is 1. The maximum atomic E-state index is 13.5. The molecule has 14 atom stereocenters. The molecule has 2 saturated carbocycles. The molecule has 0 heterocycles. The molecule has 0 aromatic carbocycles. The molecule has 442 valence electrons. The van der Waals surface area contributed by atoms with Crippen LogP contribution in [0.15, 0.2) is 12.2 Å². The quantitative estimate of drug-likeness (QED) is 0.0466. The molecule has 2 fully saturated rings. The monoisotopic (exact) mass is 1090 g/mol. The number of hydrogen-bond acceptors (Lipinski definition) is 7. The zero-order valence-corrected chi connectivity index (χ0v) is 55.6. The van der Waals surface area contributed by atoms with Gasteiger partial charge in [-0.05, 0) is 181 Å². The van der Waals surface area contributed by atoms with E-state index in [2.05, 4.69) is 176 Å². The number of allylic oxidation sites excluding steroid dienone is 2. The number of methoxy groups -OCH3 is 1. The van der Waals surface area contributed by atoms with Crippen molar-refractivity contribution in [3.05, 3.63) is 12.2 Å². The van der Waals surface area contributed by atoms with Crippen molar-refractivity contribution in [2.75, 3.05) is 58.2 Å². The summed E-state index contributed by atoms with van der Waals surface area (Å²) in [7, 11) is 5.93. The van der Waals surface area contributed by atoms with Crippen LogP contribution in [-0.4, -0.2) is 79.7 Å². The van der Waals surface area contributed by atoms with E-state index in [1.165, 1.54) is 159 Å². The Morgan fingerprint density at radius 1 is 0.608 bits per heavy atom. The summed E-state index contributed by atoms with van der Waals surface area (Å²) in [6.45, 7) is 38.7. The Balaban J connectivity index is 0.00000139. The molecule has 14 unspecified atom stereocenters. The summed E-state index contributed by atoms with van der Waals surface area (Å²) >= 11 is 6.62. The zero-order valence-electron chi connectivity index (χ0n) is 53.1. The molecule has 0 spiro atoms. The predicted molar refractivity (Wildman–Crippen MR) is 344 cm³/mol. The molecule has 0 saturated heterocycles. The zero-order chi connectivity index (χ0) is 55.7. The van der Waals surface area contributed by atoms with Crippen LogP contribution in [0.25, 0.3) is 0 Å². The smallest absolute Gasteiger partial charge is 0.139 e. The minimum Gasteiger partial charge on any atom is -0.385 e. The molecule has 2 N–H and O–H groups in total. The summed E-state index contributed by atoms with van der Waals surface area (Å²) in [4.78, 5) is 13.5. The van der Waals surface area contributed by atoms with Gasteiger partial charge >= 0.3 is 0 Å². The summed E-state index contributed by atoms with van der Waals surface area (Å²) < 4.78 is 5.17. The van der Waals surface area contributed by atoms with E-state index in [0.29, 0.717) is 28.8 Å². The summed E-state index contributed by atoms with van der Waals surface area (Å²) in [5.74, 6) is 14.1.